The van der Waals surface area contributed by atoms with Crippen LogP contribution in [0.25, 0.3) is 34.4 Å². The number of allylic oxidation sites excluding steroid dienone is 2. The van der Waals surface area contributed by atoms with Gasteiger partial charge in [-0.1, -0.05) is 0 Å². The molecule has 0 amide bonds. The molecule has 0 nitrogen and oxygen atoms in total. The summed E-state index contributed by atoms with van der Waals surface area (Å²) in [6.45, 7) is 18.6. The molecule has 2 heteroatoms. The van der Waals surface area contributed by atoms with Crippen molar-refractivity contribution in [3.63, 3.8) is 0 Å². The molecular formula is C45H58HfSi. The zero-order valence-electron chi connectivity index (χ0n) is 30.9. The van der Waals surface area contributed by atoms with Crippen LogP contribution in [0.4, 0.5) is 0 Å². The van der Waals surface area contributed by atoms with Gasteiger partial charge in [-0.05, 0) is 0 Å². The second-order valence-corrected chi connectivity index (χ2v) is 102. The molecule has 0 aliphatic heterocycles. The minimum absolute atomic E-state index is 0.150. The predicted molar refractivity (Wildman–Crippen MR) is 211 cm³/mol. The third-order valence-electron chi connectivity index (χ3n) is 12.8. The molecule has 246 valence electrons. The van der Waals surface area contributed by atoms with E-state index in [9.17, 15) is 0 Å². The van der Waals surface area contributed by atoms with Crippen LogP contribution in [0.5, 0.6) is 0 Å². The second-order valence-electron chi connectivity index (χ2n) is 20.6. The third kappa shape index (κ3) is 5.60. The summed E-state index contributed by atoms with van der Waals surface area (Å²) in [7, 11) is 0. The van der Waals surface area contributed by atoms with Crippen LogP contribution in [-0.2, 0) is 25.0 Å². The van der Waals surface area contributed by atoms with Crippen LogP contribution < -0.4 is 0 Å². The van der Waals surface area contributed by atoms with Crippen molar-refractivity contribution in [2.45, 2.75) is 97.7 Å². The van der Waals surface area contributed by atoms with E-state index in [1.165, 1.54) is 61.5 Å². The van der Waals surface area contributed by atoms with Crippen molar-refractivity contribution >= 4 is 19.1 Å². The quantitative estimate of drug-likeness (QED) is 0.163. The molecule has 0 aromatic heterocycles. The Morgan fingerprint density at radius 3 is 1.30 bits per heavy atom. The first-order valence-electron chi connectivity index (χ1n) is 18.1. The van der Waals surface area contributed by atoms with Gasteiger partial charge in [0.2, 0.25) is 0 Å². The van der Waals surface area contributed by atoms with Crippen molar-refractivity contribution in [1.82, 2.24) is 0 Å². The minimum atomic E-state index is -4.94. The average molecular weight is 806 g/mol. The van der Waals surface area contributed by atoms with E-state index in [0.717, 1.165) is 0 Å². The molecule has 2 atom stereocenters. The van der Waals surface area contributed by atoms with Gasteiger partial charge in [0.05, 0.1) is 0 Å². The molecule has 0 bridgehead atoms. The van der Waals surface area contributed by atoms with Crippen LogP contribution in [0.15, 0.2) is 97.1 Å². The van der Waals surface area contributed by atoms with E-state index in [1.807, 2.05) is 0 Å². The van der Waals surface area contributed by atoms with E-state index >= 15 is 0 Å². The van der Waals surface area contributed by atoms with Gasteiger partial charge in [-0.25, -0.2) is 0 Å². The summed E-state index contributed by atoms with van der Waals surface area (Å²) in [6.07, 6.45) is 12.8. The van der Waals surface area contributed by atoms with Crippen LogP contribution in [0.2, 0.25) is 18.2 Å². The number of hydrogen-bond donors (Lipinski definition) is 0. The predicted octanol–water partition coefficient (Wildman–Crippen LogP) is 13.1. The van der Waals surface area contributed by atoms with Crippen molar-refractivity contribution in [2.75, 3.05) is 0 Å². The van der Waals surface area contributed by atoms with Crippen molar-refractivity contribution in [3.05, 3.63) is 130 Å². The third-order valence-corrected chi connectivity index (χ3v) is 58.9. The molecule has 4 aromatic carbocycles. The van der Waals surface area contributed by atoms with Gasteiger partial charge >= 0.3 is 284 Å². The number of rotatable bonds is 7. The van der Waals surface area contributed by atoms with Crippen molar-refractivity contribution in [3.8, 4) is 22.3 Å². The Bertz CT molecular complexity index is 1910. The number of fused-ring (bicyclic) bond motifs is 2. The van der Waals surface area contributed by atoms with E-state index in [0.29, 0.717) is 7.35 Å². The van der Waals surface area contributed by atoms with E-state index in [-0.39, 0.29) is 10.8 Å². The molecule has 47 heavy (non-hydrogen) atoms. The molecule has 0 saturated carbocycles. The maximum absolute atomic E-state index is 4.94. The summed E-state index contributed by atoms with van der Waals surface area (Å²) in [5.74, 6) is 0. The molecule has 6 rings (SSSR count). The average Bonchev–Trinajstić information content (AvgIpc) is 3.67. The Morgan fingerprint density at radius 2 is 0.957 bits per heavy atom. The number of unbranched alkanes of at least 4 members (excludes halogenated alkanes) is 1. The molecule has 0 spiro atoms. The first-order chi connectivity index (χ1) is 21.7. The normalized spacial score (nSPS) is 19.8. The van der Waals surface area contributed by atoms with Gasteiger partial charge in [0, 0.05) is 0 Å². The monoisotopic (exact) mass is 806 g/mol. The van der Waals surface area contributed by atoms with Crippen LogP contribution >= 0.6 is 0 Å². The SMILES string of the molecule is CCC[CH2][Hf]([CH3])([CH3])([CH3])(=[SiH2])([CH]1C=Cc2c(-c3ccc(C(C)(C)C)cc3)cccc21)[CH]1C=Cc2c(-c3ccc(C(C)(C)C)cc3)cccc21. The topological polar surface area (TPSA) is 0 Å². The van der Waals surface area contributed by atoms with E-state index in [2.05, 4.69) is 179 Å². The second kappa shape index (κ2) is 10.2. The first-order valence-corrected chi connectivity index (χ1v) is 43.9. The number of benzene rings is 4. The Balaban J connectivity index is 1.50. The van der Waals surface area contributed by atoms with Gasteiger partial charge in [0.25, 0.3) is 0 Å². The van der Waals surface area contributed by atoms with Gasteiger partial charge in [-0.2, -0.15) is 0 Å². The summed E-state index contributed by atoms with van der Waals surface area (Å²) < 4.78 is 10.6. The zero-order valence-corrected chi connectivity index (χ0v) is 35.9. The molecule has 2 unspecified atom stereocenters. The molecule has 0 fully saturated rings. The molecule has 4 aromatic rings. The van der Waals surface area contributed by atoms with Crippen molar-refractivity contribution in [1.29, 1.82) is 0 Å². The van der Waals surface area contributed by atoms with Gasteiger partial charge in [0.1, 0.15) is 0 Å². The summed E-state index contributed by atoms with van der Waals surface area (Å²) in [5.41, 5.74) is 14.4. The first kappa shape index (κ1) is 34.3. The number of hydrogen-bond acceptors (Lipinski definition) is 0. The molecule has 0 N–H and O–H groups in total. The van der Waals surface area contributed by atoms with Crippen LogP contribution in [0, 0.1) is 0 Å². The van der Waals surface area contributed by atoms with Crippen molar-refractivity contribution < 1.29 is 14.2 Å². The summed E-state index contributed by atoms with van der Waals surface area (Å²) in [5, 5.41) is 0. The van der Waals surface area contributed by atoms with Crippen molar-refractivity contribution in [2.24, 2.45) is 0 Å². The van der Waals surface area contributed by atoms with Crippen LogP contribution in [-0.4, -0.2) is 6.94 Å². The van der Waals surface area contributed by atoms with Gasteiger partial charge in [-0.3, -0.25) is 0 Å². The standard InChI is InChI=1S/2C19H19.C4H9.3CH3.Hf.H2Si/c2*1-19(2,3)16-12-10-15(11-13-16)18-9-5-7-14-6-4-8-17(14)18;1-3-4-2;;;;;/h2*4-13H,1-3H3;1,3-4H2,2H3;3*1H3;;1H2. The molecular weight excluding hydrogens is 747 g/mol. The Labute approximate surface area is 281 Å². The Hall–Kier alpha value is -2.55. The van der Waals surface area contributed by atoms with E-state index in [1.54, 1.807) is 11.1 Å². The molecule has 2 aliphatic rings. The molecule has 0 saturated heterocycles. The van der Waals surface area contributed by atoms with E-state index in [4.69, 9.17) is 0 Å². The molecule has 0 heterocycles. The van der Waals surface area contributed by atoms with Gasteiger partial charge in [0.15, 0.2) is 0 Å². The summed E-state index contributed by atoms with van der Waals surface area (Å²) in [6, 6.07) is 32.9. The summed E-state index contributed by atoms with van der Waals surface area (Å²) >= 11 is -4.94. The summed E-state index contributed by atoms with van der Waals surface area (Å²) in [4.78, 5) is 0. The van der Waals surface area contributed by atoms with E-state index < -0.39 is 14.2 Å². The fourth-order valence-corrected chi connectivity index (χ4v) is 49.0. The fourth-order valence-electron chi connectivity index (χ4n) is 9.53. The molecule has 2 aliphatic carbocycles. The zero-order chi connectivity index (χ0) is 34.2. The van der Waals surface area contributed by atoms with Crippen LogP contribution in [0.1, 0.15) is 102 Å². The van der Waals surface area contributed by atoms with Crippen LogP contribution in [0.3, 0.4) is 0 Å². The molecule has 0 radical (unpaired) electrons. The Morgan fingerprint density at radius 1 is 0.574 bits per heavy atom. The maximum atomic E-state index is 2.84. The van der Waals surface area contributed by atoms with Gasteiger partial charge in [-0.15, -0.1) is 0 Å². The Kier molecular flexibility index (Phi) is 7.47. The van der Waals surface area contributed by atoms with Gasteiger partial charge < -0.3 is 0 Å². The fraction of sp³-hybridized carbons (Fsp3) is 0.378.